The van der Waals surface area contributed by atoms with Crippen LogP contribution in [0.1, 0.15) is 5.56 Å². The number of aromatic hydroxyl groups is 1. The highest BCUT2D eigenvalue weighted by Gasteiger charge is 2.24. The first-order valence-corrected chi connectivity index (χ1v) is 8.99. The Morgan fingerprint density at radius 1 is 1.03 bits per heavy atom. The molecule has 2 N–H and O–H groups in total. The fraction of sp³-hybridized carbons (Fsp3) is 0.136. The monoisotopic (exact) mass is 413 g/mol. The van der Waals surface area contributed by atoms with E-state index in [1.807, 2.05) is 0 Å². The number of ether oxygens (including phenoxy) is 2. The number of benzene rings is 3. The van der Waals surface area contributed by atoms with Crippen molar-refractivity contribution in [2.75, 3.05) is 7.11 Å². The van der Waals surface area contributed by atoms with Crippen LogP contribution in [0.5, 0.6) is 17.4 Å². The van der Waals surface area contributed by atoms with Gasteiger partial charge in [0.1, 0.15) is 11.5 Å². The molecule has 0 saturated heterocycles. The van der Waals surface area contributed by atoms with Crippen LogP contribution in [0, 0.1) is 0 Å². The number of carboxylic acid groups (broad SMARTS) is 1. The number of rotatable bonds is 6. The van der Waals surface area contributed by atoms with Crippen LogP contribution in [0.4, 0.5) is 8.78 Å². The van der Waals surface area contributed by atoms with Crippen LogP contribution < -0.4 is 9.47 Å². The van der Waals surface area contributed by atoms with Crippen LogP contribution in [0.15, 0.2) is 54.7 Å². The smallest absolute Gasteiger partial charge is 0.387 e. The first-order valence-electron chi connectivity index (χ1n) is 8.99. The van der Waals surface area contributed by atoms with E-state index in [0.29, 0.717) is 33.2 Å². The summed E-state index contributed by atoms with van der Waals surface area (Å²) in [5.41, 5.74) is 1.11. The molecule has 0 amide bonds. The summed E-state index contributed by atoms with van der Waals surface area (Å²) in [4.78, 5) is 10.9. The molecule has 6 nitrogen and oxygen atoms in total. The molecule has 0 aliphatic rings. The molecule has 1 aromatic heterocycles. The minimum Gasteiger partial charge on any atom is -0.495 e. The maximum atomic E-state index is 13.2. The van der Waals surface area contributed by atoms with Crippen molar-refractivity contribution >= 4 is 27.5 Å². The molecule has 0 atom stereocenters. The van der Waals surface area contributed by atoms with E-state index in [2.05, 4.69) is 0 Å². The van der Waals surface area contributed by atoms with E-state index < -0.39 is 12.6 Å². The SMILES string of the molecule is COc1c2ccccc2c(OC(F)F)c2c(O)n(-c3ccc(CC(=O)O)cc3)cc12. The van der Waals surface area contributed by atoms with Gasteiger partial charge in [-0.15, -0.1) is 0 Å². The van der Waals surface area contributed by atoms with E-state index in [0.717, 1.165) is 0 Å². The molecule has 0 aliphatic carbocycles. The Kier molecular flexibility index (Phi) is 4.91. The molecule has 154 valence electrons. The van der Waals surface area contributed by atoms with Gasteiger partial charge < -0.3 is 19.7 Å². The number of methoxy groups -OCH3 is 1. The lowest BCUT2D eigenvalue weighted by Gasteiger charge is -2.14. The quantitative estimate of drug-likeness (QED) is 0.478. The Bertz CT molecular complexity index is 1250. The van der Waals surface area contributed by atoms with Gasteiger partial charge in [0.15, 0.2) is 0 Å². The van der Waals surface area contributed by atoms with Crippen LogP contribution in [0.2, 0.25) is 0 Å². The van der Waals surface area contributed by atoms with Crippen molar-refractivity contribution in [3.8, 4) is 23.1 Å². The molecule has 1 heterocycles. The van der Waals surface area contributed by atoms with Crippen LogP contribution >= 0.6 is 0 Å². The number of fused-ring (bicyclic) bond motifs is 2. The number of alkyl halides is 2. The molecule has 0 aliphatic heterocycles. The van der Waals surface area contributed by atoms with Crippen molar-refractivity contribution in [3.05, 3.63) is 60.3 Å². The molecule has 4 aromatic rings. The average Bonchev–Trinajstić information content (AvgIpc) is 3.05. The van der Waals surface area contributed by atoms with Gasteiger partial charge in [-0.3, -0.25) is 9.36 Å². The summed E-state index contributed by atoms with van der Waals surface area (Å²) in [6.07, 6.45) is 1.44. The summed E-state index contributed by atoms with van der Waals surface area (Å²) in [6.45, 7) is -3.08. The van der Waals surface area contributed by atoms with Gasteiger partial charge in [0.05, 0.1) is 24.3 Å². The Morgan fingerprint density at radius 3 is 2.23 bits per heavy atom. The lowest BCUT2D eigenvalue weighted by Crippen LogP contribution is -2.03. The average molecular weight is 413 g/mol. The van der Waals surface area contributed by atoms with E-state index >= 15 is 0 Å². The third-order valence-corrected chi connectivity index (χ3v) is 4.85. The van der Waals surface area contributed by atoms with Gasteiger partial charge in [-0.1, -0.05) is 36.4 Å². The predicted octanol–water partition coefficient (Wildman–Crippen LogP) is 4.73. The van der Waals surface area contributed by atoms with Gasteiger partial charge in [0, 0.05) is 22.7 Å². The normalized spacial score (nSPS) is 11.3. The number of halogens is 2. The van der Waals surface area contributed by atoms with Gasteiger partial charge in [0.2, 0.25) is 5.88 Å². The highest BCUT2D eigenvalue weighted by molar-refractivity contribution is 6.13. The number of nitrogens with zero attached hydrogens (tertiary/aromatic N) is 1. The third-order valence-electron chi connectivity index (χ3n) is 4.85. The fourth-order valence-electron chi connectivity index (χ4n) is 3.63. The summed E-state index contributed by atoms with van der Waals surface area (Å²) >= 11 is 0. The zero-order valence-electron chi connectivity index (χ0n) is 15.8. The molecule has 0 saturated carbocycles. The van der Waals surface area contributed by atoms with E-state index in [4.69, 9.17) is 14.6 Å². The van der Waals surface area contributed by atoms with Gasteiger partial charge in [-0.25, -0.2) is 0 Å². The van der Waals surface area contributed by atoms with E-state index in [9.17, 15) is 18.7 Å². The zero-order valence-corrected chi connectivity index (χ0v) is 15.8. The maximum Gasteiger partial charge on any atom is 0.387 e. The van der Waals surface area contributed by atoms with Crippen LogP contribution in [0.3, 0.4) is 0 Å². The van der Waals surface area contributed by atoms with Crippen molar-refractivity contribution < 1.29 is 33.3 Å². The highest BCUT2D eigenvalue weighted by atomic mass is 19.3. The standard InChI is InChI=1S/C22H17F2NO5/c1-29-19-14-4-2-3-5-15(14)20(30-22(23)24)18-16(19)11-25(21(18)28)13-8-6-12(7-9-13)10-17(26)27/h2-9,11,22,28H,10H2,1H3,(H,26,27). The van der Waals surface area contributed by atoms with Gasteiger partial charge >= 0.3 is 12.6 Å². The molecule has 0 radical (unpaired) electrons. The number of hydrogen-bond donors (Lipinski definition) is 2. The van der Waals surface area contributed by atoms with E-state index in [1.165, 1.54) is 11.7 Å². The van der Waals surface area contributed by atoms with Gasteiger partial charge in [-0.05, 0) is 17.7 Å². The second-order valence-corrected chi connectivity index (χ2v) is 6.63. The third kappa shape index (κ3) is 3.26. The first kappa shape index (κ1) is 19.5. The topological polar surface area (TPSA) is 80.9 Å². The maximum absolute atomic E-state index is 13.2. The summed E-state index contributed by atoms with van der Waals surface area (Å²) in [5.74, 6) is -0.980. The van der Waals surface area contributed by atoms with Crippen LogP contribution in [-0.2, 0) is 11.2 Å². The predicted molar refractivity (Wildman–Crippen MR) is 107 cm³/mol. The minimum absolute atomic E-state index is 0.0977. The van der Waals surface area contributed by atoms with Crippen LogP contribution in [-0.4, -0.2) is 34.5 Å². The molecule has 30 heavy (non-hydrogen) atoms. The van der Waals surface area contributed by atoms with Crippen LogP contribution in [0.25, 0.3) is 27.2 Å². The highest BCUT2D eigenvalue weighted by Crippen LogP contribution is 2.48. The van der Waals surface area contributed by atoms with Crippen molar-refractivity contribution in [3.63, 3.8) is 0 Å². The largest absolute Gasteiger partial charge is 0.495 e. The molecule has 0 unspecified atom stereocenters. The van der Waals surface area contributed by atoms with E-state index in [-0.39, 0.29) is 23.4 Å². The van der Waals surface area contributed by atoms with E-state index in [1.54, 1.807) is 54.7 Å². The number of aromatic nitrogens is 1. The lowest BCUT2D eigenvalue weighted by atomic mass is 10.0. The van der Waals surface area contributed by atoms with Crippen molar-refractivity contribution in [2.24, 2.45) is 0 Å². The van der Waals surface area contributed by atoms with Gasteiger partial charge in [-0.2, -0.15) is 8.78 Å². The Labute approximate surface area is 169 Å². The molecule has 8 heteroatoms. The van der Waals surface area contributed by atoms with Crippen molar-refractivity contribution in [1.29, 1.82) is 0 Å². The molecular formula is C22H17F2NO5. The summed E-state index contributed by atoms with van der Waals surface area (Å²) in [6, 6.07) is 13.3. The zero-order chi connectivity index (χ0) is 21.4. The number of carbonyl (C=O) groups is 1. The fourth-order valence-corrected chi connectivity index (χ4v) is 3.63. The van der Waals surface area contributed by atoms with Gasteiger partial charge in [0.25, 0.3) is 0 Å². The first-order chi connectivity index (χ1) is 14.4. The number of aliphatic carboxylic acids is 1. The molecule has 0 spiro atoms. The van der Waals surface area contributed by atoms with Crippen molar-refractivity contribution in [1.82, 2.24) is 4.57 Å². The molecule has 0 fully saturated rings. The summed E-state index contributed by atoms with van der Waals surface area (Å²) in [7, 11) is 1.46. The van der Waals surface area contributed by atoms with Crippen molar-refractivity contribution in [2.45, 2.75) is 13.0 Å². The second-order valence-electron chi connectivity index (χ2n) is 6.63. The summed E-state index contributed by atoms with van der Waals surface area (Å²) in [5, 5.41) is 21.3. The Hall–Kier alpha value is -3.81. The molecular weight excluding hydrogens is 396 g/mol. The molecule has 4 rings (SSSR count). The minimum atomic E-state index is -3.08. The molecule has 0 bridgehead atoms. The number of hydrogen-bond acceptors (Lipinski definition) is 4. The molecule has 3 aromatic carbocycles. The second kappa shape index (κ2) is 7.55. The Morgan fingerprint density at radius 2 is 1.67 bits per heavy atom. The lowest BCUT2D eigenvalue weighted by molar-refractivity contribution is -0.136. The Balaban J connectivity index is 1.99. The summed E-state index contributed by atoms with van der Waals surface area (Å²) < 4.78 is 38.1. The number of carboxylic acids is 1.